The SMILES string of the molecule is NS(=O)c1ccc(F)c(S(=O)(=O)C(F)(F)F)c1. The molecule has 96 valence electrons. The van der Waals surface area contributed by atoms with E-state index in [0.29, 0.717) is 12.1 Å². The number of alkyl halides is 3. The molecule has 0 aliphatic rings. The highest BCUT2D eigenvalue weighted by Gasteiger charge is 2.48. The Bertz CT molecular complexity index is 567. The number of hydrogen-bond donors (Lipinski definition) is 1. The van der Waals surface area contributed by atoms with Gasteiger partial charge < -0.3 is 0 Å². The van der Waals surface area contributed by atoms with Crippen LogP contribution in [0.4, 0.5) is 17.6 Å². The van der Waals surface area contributed by atoms with Crippen molar-refractivity contribution in [3.8, 4) is 0 Å². The molecule has 0 aromatic heterocycles. The van der Waals surface area contributed by atoms with Gasteiger partial charge in [0.2, 0.25) is 0 Å². The second-order valence-corrected chi connectivity index (χ2v) is 5.81. The summed E-state index contributed by atoms with van der Waals surface area (Å²) in [7, 11) is -8.04. The van der Waals surface area contributed by atoms with Gasteiger partial charge >= 0.3 is 5.51 Å². The van der Waals surface area contributed by atoms with Gasteiger partial charge in [0, 0.05) is 0 Å². The molecule has 1 atom stereocenters. The molecule has 1 aromatic rings. The Morgan fingerprint density at radius 1 is 1.24 bits per heavy atom. The number of rotatable bonds is 2. The zero-order valence-electron chi connectivity index (χ0n) is 7.86. The van der Waals surface area contributed by atoms with Crippen LogP contribution in [-0.2, 0) is 20.8 Å². The minimum atomic E-state index is -5.83. The number of sulfone groups is 1. The summed E-state index contributed by atoms with van der Waals surface area (Å²) >= 11 is 0. The van der Waals surface area contributed by atoms with Crippen LogP contribution in [0.2, 0.25) is 0 Å². The molecule has 0 radical (unpaired) electrons. The summed E-state index contributed by atoms with van der Waals surface area (Å²) in [5, 5.41) is 4.86. The number of hydrogen-bond acceptors (Lipinski definition) is 3. The van der Waals surface area contributed by atoms with Crippen molar-refractivity contribution < 1.29 is 30.2 Å². The van der Waals surface area contributed by atoms with E-state index in [-0.39, 0.29) is 0 Å². The Hall–Kier alpha value is -1.00. The van der Waals surface area contributed by atoms with Gasteiger partial charge in [-0.05, 0) is 18.2 Å². The van der Waals surface area contributed by atoms with Crippen molar-refractivity contribution in [3.05, 3.63) is 24.0 Å². The lowest BCUT2D eigenvalue weighted by Gasteiger charge is -2.09. The molecular weight excluding hydrogens is 286 g/mol. The van der Waals surface area contributed by atoms with Crippen LogP contribution in [0.1, 0.15) is 0 Å². The predicted octanol–water partition coefficient (Wildman–Crippen LogP) is 1.10. The van der Waals surface area contributed by atoms with Gasteiger partial charge in [0.15, 0.2) is 0 Å². The molecule has 4 nitrogen and oxygen atoms in total. The van der Waals surface area contributed by atoms with Crippen molar-refractivity contribution in [1.82, 2.24) is 0 Å². The molecule has 0 aliphatic carbocycles. The maximum absolute atomic E-state index is 13.0. The lowest BCUT2D eigenvalue weighted by Crippen LogP contribution is -2.24. The fourth-order valence-electron chi connectivity index (χ4n) is 0.939. The molecule has 10 heteroatoms. The lowest BCUT2D eigenvalue weighted by molar-refractivity contribution is -0.0437. The third kappa shape index (κ3) is 2.64. The average molecular weight is 291 g/mol. The van der Waals surface area contributed by atoms with Gasteiger partial charge in [-0.1, -0.05) is 0 Å². The molecule has 0 saturated heterocycles. The van der Waals surface area contributed by atoms with E-state index in [1.54, 1.807) is 0 Å². The molecule has 1 aromatic carbocycles. The summed E-state index contributed by atoms with van der Waals surface area (Å²) in [5.74, 6) is -1.59. The third-order valence-electron chi connectivity index (χ3n) is 1.73. The summed E-state index contributed by atoms with van der Waals surface area (Å²) in [5.41, 5.74) is -5.64. The standard InChI is InChI=1S/C7H5F4NO3S2/c8-5-2-1-4(16(12)13)3-6(5)17(14,15)7(9,10)11/h1-3H,12H2. The van der Waals surface area contributed by atoms with Crippen LogP contribution in [0, 0.1) is 5.82 Å². The second kappa shape index (κ2) is 4.35. The van der Waals surface area contributed by atoms with Gasteiger partial charge in [-0.3, -0.25) is 0 Å². The first-order valence-corrected chi connectivity index (χ1v) is 6.54. The van der Waals surface area contributed by atoms with Gasteiger partial charge in [-0.2, -0.15) is 13.2 Å². The molecule has 0 bridgehead atoms. The molecule has 0 saturated carbocycles. The summed E-state index contributed by atoms with van der Waals surface area (Å²) in [6.07, 6.45) is 0. The summed E-state index contributed by atoms with van der Waals surface area (Å²) < 4.78 is 82.2. The summed E-state index contributed by atoms with van der Waals surface area (Å²) in [6.45, 7) is 0. The van der Waals surface area contributed by atoms with Gasteiger partial charge in [0.25, 0.3) is 9.84 Å². The normalized spacial score (nSPS) is 14.6. The Morgan fingerprint density at radius 2 is 1.76 bits per heavy atom. The van der Waals surface area contributed by atoms with Crippen LogP contribution in [0.25, 0.3) is 0 Å². The van der Waals surface area contributed by atoms with Crippen LogP contribution < -0.4 is 5.14 Å². The molecule has 1 rings (SSSR count). The van der Waals surface area contributed by atoms with Crippen LogP contribution >= 0.6 is 0 Å². The van der Waals surface area contributed by atoms with Gasteiger partial charge in [-0.25, -0.2) is 22.2 Å². The molecule has 1 unspecified atom stereocenters. The highest BCUT2D eigenvalue weighted by Crippen LogP contribution is 2.32. The fraction of sp³-hybridized carbons (Fsp3) is 0.143. The van der Waals surface area contributed by atoms with Crippen molar-refractivity contribution in [2.75, 3.05) is 0 Å². The van der Waals surface area contributed by atoms with Crippen molar-refractivity contribution in [2.45, 2.75) is 15.3 Å². The fourth-order valence-corrected chi connectivity index (χ4v) is 2.31. The maximum atomic E-state index is 13.0. The van der Waals surface area contributed by atoms with Crippen molar-refractivity contribution in [2.24, 2.45) is 5.14 Å². The Labute approximate surface area is 95.9 Å². The first-order chi connectivity index (χ1) is 7.57. The van der Waals surface area contributed by atoms with E-state index >= 15 is 0 Å². The number of halogens is 4. The smallest absolute Gasteiger partial charge is 0.248 e. The van der Waals surface area contributed by atoms with Crippen LogP contribution in [0.3, 0.4) is 0 Å². The minimum Gasteiger partial charge on any atom is -0.248 e. The molecule has 0 heterocycles. The van der Waals surface area contributed by atoms with E-state index in [4.69, 9.17) is 5.14 Å². The molecule has 0 aliphatic heterocycles. The van der Waals surface area contributed by atoms with Crippen LogP contribution in [0.5, 0.6) is 0 Å². The molecule has 0 spiro atoms. The number of nitrogens with two attached hydrogens (primary N) is 1. The zero-order valence-corrected chi connectivity index (χ0v) is 9.50. The largest absolute Gasteiger partial charge is 0.502 e. The van der Waals surface area contributed by atoms with E-state index in [1.165, 1.54) is 0 Å². The second-order valence-electron chi connectivity index (χ2n) is 2.84. The Morgan fingerprint density at radius 3 is 2.18 bits per heavy atom. The summed E-state index contributed by atoms with van der Waals surface area (Å²) in [4.78, 5) is -2.02. The van der Waals surface area contributed by atoms with Gasteiger partial charge in [0.1, 0.15) is 21.7 Å². The molecule has 17 heavy (non-hydrogen) atoms. The third-order valence-corrected chi connectivity index (χ3v) is 3.95. The van der Waals surface area contributed by atoms with Crippen LogP contribution in [0.15, 0.2) is 28.0 Å². The maximum Gasteiger partial charge on any atom is 0.502 e. The van der Waals surface area contributed by atoms with Gasteiger partial charge in [0.05, 0.1) is 4.90 Å². The quantitative estimate of drug-likeness (QED) is 0.829. The lowest BCUT2D eigenvalue weighted by atomic mass is 10.3. The van der Waals surface area contributed by atoms with E-state index in [0.717, 1.165) is 6.07 Å². The van der Waals surface area contributed by atoms with Gasteiger partial charge in [-0.15, -0.1) is 0 Å². The highest BCUT2D eigenvalue weighted by molar-refractivity contribution is 7.92. The zero-order chi connectivity index (χ0) is 13.4. The molecule has 0 fully saturated rings. The monoisotopic (exact) mass is 291 g/mol. The topological polar surface area (TPSA) is 77.2 Å². The summed E-state index contributed by atoms with van der Waals surface area (Å²) in [6, 6.07) is 1.59. The predicted molar refractivity (Wildman–Crippen MR) is 50.2 cm³/mol. The van der Waals surface area contributed by atoms with Crippen molar-refractivity contribution in [3.63, 3.8) is 0 Å². The van der Waals surface area contributed by atoms with Crippen molar-refractivity contribution >= 4 is 20.8 Å². The first kappa shape index (κ1) is 14.1. The number of benzene rings is 1. The van der Waals surface area contributed by atoms with E-state index in [1.807, 2.05) is 0 Å². The first-order valence-electron chi connectivity index (χ1n) is 3.84. The highest BCUT2D eigenvalue weighted by atomic mass is 32.2. The van der Waals surface area contributed by atoms with Crippen LogP contribution in [-0.4, -0.2) is 18.1 Å². The molecule has 2 N–H and O–H groups in total. The van der Waals surface area contributed by atoms with Crippen molar-refractivity contribution in [1.29, 1.82) is 0 Å². The minimum absolute atomic E-state index is 0.300. The molecule has 0 amide bonds. The Balaban J connectivity index is 3.52. The van der Waals surface area contributed by atoms with E-state index in [9.17, 15) is 30.2 Å². The Kier molecular flexibility index (Phi) is 3.60. The van der Waals surface area contributed by atoms with E-state index < -0.39 is 41.9 Å². The van der Waals surface area contributed by atoms with E-state index in [2.05, 4.69) is 0 Å². The average Bonchev–Trinajstić information content (AvgIpc) is 2.15. The molecular formula is C7H5F4NO3S2.